The minimum absolute atomic E-state index is 0.172. The molecule has 0 aromatic heterocycles. The summed E-state index contributed by atoms with van der Waals surface area (Å²) < 4.78 is 16.3. The molecular weight excluding hydrogens is 220 g/mol. The summed E-state index contributed by atoms with van der Waals surface area (Å²) in [6.45, 7) is 1.34. The van der Waals surface area contributed by atoms with E-state index in [-0.39, 0.29) is 6.10 Å². The Kier molecular flexibility index (Phi) is 3.98. The second-order valence-electron chi connectivity index (χ2n) is 3.97. The van der Waals surface area contributed by atoms with Crippen molar-refractivity contribution in [1.29, 1.82) is 0 Å². The van der Waals surface area contributed by atoms with Crippen LogP contribution in [0.3, 0.4) is 0 Å². The van der Waals surface area contributed by atoms with Gasteiger partial charge in [0.2, 0.25) is 0 Å². The highest BCUT2D eigenvalue weighted by Crippen LogP contribution is 2.28. The average Bonchev–Trinajstić information content (AvgIpc) is 2.89. The quantitative estimate of drug-likeness (QED) is 0.734. The molecule has 0 amide bonds. The van der Waals surface area contributed by atoms with Gasteiger partial charge in [-0.1, -0.05) is 0 Å². The van der Waals surface area contributed by atoms with Gasteiger partial charge in [0.05, 0.1) is 13.2 Å². The SMILES string of the molecule is COc1cc(C=O)ccc1OC[C@H]1CCCO1. The second-order valence-corrected chi connectivity index (χ2v) is 3.97. The van der Waals surface area contributed by atoms with E-state index in [4.69, 9.17) is 14.2 Å². The van der Waals surface area contributed by atoms with Crippen molar-refractivity contribution >= 4 is 6.29 Å². The Morgan fingerprint density at radius 1 is 1.47 bits per heavy atom. The Balaban J connectivity index is 2.01. The van der Waals surface area contributed by atoms with Gasteiger partial charge in [0.25, 0.3) is 0 Å². The minimum atomic E-state index is 0.172. The van der Waals surface area contributed by atoms with Crippen LogP contribution in [0.1, 0.15) is 23.2 Å². The van der Waals surface area contributed by atoms with Crippen LogP contribution < -0.4 is 9.47 Å². The zero-order valence-corrected chi connectivity index (χ0v) is 9.85. The van der Waals surface area contributed by atoms with Crippen LogP contribution in [0.25, 0.3) is 0 Å². The molecule has 1 heterocycles. The maximum absolute atomic E-state index is 10.6. The van der Waals surface area contributed by atoms with E-state index in [1.807, 2.05) is 0 Å². The van der Waals surface area contributed by atoms with Crippen molar-refractivity contribution in [3.8, 4) is 11.5 Å². The molecule has 92 valence electrons. The highest BCUT2D eigenvalue weighted by atomic mass is 16.5. The van der Waals surface area contributed by atoms with Gasteiger partial charge in [-0.05, 0) is 31.0 Å². The van der Waals surface area contributed by atoms with Crippen LogP contribution in [0.4, 0.5) is 0 Å². The van der Waals surface area contributed by atoms with Gasteiger partial charge in [-0.2, -0.15) is 0 Å². The molecular formula is C13H16O4. The fraction of sp³-hybridized carbons (Fsp3) is 0.462. The summed E-state index contributed by atoms with van der Waals surface area (Å²) in [5.41, 5.74) is 0.575. The van der Waals surface area contributed by atoms with Gasteiger partial charge in [0.1, 0.15) is 12.9 Å². The predicted molar refractivity (Wildman–Crippen MR) is 62.9 cm³/mol. The van der Waals surface area contributed by atoms with Crippen LogP contribution in [0.15, 0.2) is 18.2 Å². The van der Waals surface area contributed by atoms with E-state index >= 15 is 0 Å². The normalized spacial score (nSPS) is 19.0. The van der Waals surface area contributed by atoms with E-state index in [1.54, 1.807) is 25.3 Å². The number of rotatable bonds is 5. The van der Waals surface area contributed by atoms with Crippen molar-refractivity contribution in [3.63, 3.8) is 0 Å². The van der Waals surface area contributed by atoms with Crippen molar-refractivity contribution < 1.29 is 19.0 Å². The molecule has 2 rings (SSSR count). The molecule has 1 saturated heterocycles. The largest absolute Gasteiger partial charge is 0.493 e. The smallest absolute Gasteiger partial charge is 0.161 e. The highest BCUT2D eigenvalue weighted by Gasteiger charge is 2.17. The van der Waals surface area contributed by atoms with Gasteiger partial charge in [0.15, 0.2) is 11.5 Å². The molecule has 17 heavy (non-hydrogen) atoms. The summed E-state index contributed by atoms with van der Waals surface area (Å²) in [5, 5.41) is 0. The molecule has 0 bridgehead atoms. The summed E-state index contributed by atoms with van der Waals surface area (Å²) in [6.07, 6.45) is 3.08. The molecule has 1 atom stereocenters. The monoisotopic (exact) mass is 236 g/mol. The molecule has 0 radical (unpaired) electrons. The van der Waals surface area contributed by atoms with Gasteiger partial charge in [-0.3, -0.25) is 4.79 Å². The number of hydrogen-bond donors (Lipinski definition) is 0. The molecule has 0 N–H and O–H groups in total. The number of hydrogen-bond acceptors (Lipinski definition) is 4. The van der Waals surface area contributed by atoms with Crippen molar-refractivity contribution in [3.05, 3.63) is 23.8 Å². The molecule has 1 aliphatic heterocycles. The molecule has 1 aliphatic rings. The highest BCUT2D eigenvalue weighted by molar-refractivity contribution is 5.76. The lowest BCUT2D eigenvalue weighted by Gasteiger charge is -2.14. The standard InChI is InChI=1S/C13H16O4/c1-15-13-7-10(8-14)4-5-12(13)17-9-11-3-2-6-16-11/h4-5,7-8,11H,2-3,6,9H2,1H3/t11-/m1/s1. The van der Waals surface area contributed by atoms with Crippen LogP contribution in [0.2, 0.25) is 0 Å². The molecule has 1 aromatic rings. The number of carbonyl (C=O) groups excluding carboxylic acids is 1. The number of benzene rings is 1. The molecule has 0 saturated carbocycles. The summed E-state index contributed by atoms with van der Waals surface area (Å²) in [6, 6.07) is 5.12. The van der Waals surface area contributed by atoms with Gasteiger partial charge in [-0.15, -0.1) is 0 Å². The Bertz CT molecular complexity index is 383. The van der Waals surface area contributed by atoms with E-state index in [2.05, 4.69) is 0 Å². The Morgan fingerprint density at radius 3 is 3.00 bits per heavy atom. The molecule has 1 fully saturated rings. The topological polar surface area (TPSA) is 44.8 Å². The molecule has 1 aromatic carbocycles. The Labute approximate surface area is 100 Å². The number of ether oxygens (including phenoxy) is 3. The molecule has 0 unspecified atom stereocenters. The van der Waals surface area contributed by atoms with Crippen molar-refractivity contribution in [2.45, 2.75) is 18.9 Å². The van der Waals surface area contributed by atoms with Crippen LogP contribution >= 0.6 is 0 Å². The number of aldehydes is 1. The third-order valence-electron chi connectivity index (χ3n) is 2.77. The summed E-state index contributed by atoms with van der Waals surface area (Å²) in [5.74, 6) is 1.22. The van der Waals surface area contributed by atoms with Crippen molar-refractivity contribution in [1.82, 2.24) is 0 Å². The van der Waals surface area contributed by atoms with E-state index in [1.165, 1.54) is 0 Å². The first-order valence-corrected chi connectivity index (χ1v) is 5.71. The first-order chi connectivity index (χ1) is 8.33. The Morgan fingerprint density at radius 2 is 2.35 bits per heavy atom. The third-order valence-corrected chi connectivity index (χ3v) is 2.77. The molecule has 0 aliphatic carbocycles. The molecule has 0 spiro atoms. The predicted octanol–water partition coefficient (Wildman–Crippen LogP) is 2.07. The maximum Gasteiger partial charge on any atom is 0.161 e. The summed E-state index contributed by atoms with van der Waals surface area (Å²) in [7, 11) is 1.56. The zero-order valence-electron chi connectivity index (χ0n) is 9.85. The second kappa shape index (κ2) is 5.68. The van der Waals surface area contributed by atoms with Gasteiger partial charge in [0, 0.05) is 12.2 Å². The number of methoxy groups -OCH3 is 1. The summed E-state index contributed by atoms with van der Waals surface area (Å²) >= 11 is 0. The van der Waals surface area contributed by atoms with Crippen LogP contribution in [0, 0.1) is 0 Å². The van der Waals surface area contributed by atoms with Crippen molar-refractivity contribution in [2.75, 3.05) is 20.3 Å². The van der Waals surface area contributed by atoms with Crippen molar-refractivity contribution in [2.24, 2.45) is 0 Å². The lowest BCUT2D eigenvalue weighted by molar-refractivity contribution is 0.0669. The van der Waals surface area contributed by atoms with Crippen LogP contribution in [0.5, 0.6) is 11.5 Å². The van der Waals surface area contributed by atoms with Crippen LogP contribution in [-0.2, 0) is 4.74 Å². The van der Waals surface area contributed by atoms with E-state index < -0.39 is 0 Å². The minimum Gasteiger partial charge on any atom is -0.493 e. The average molecular weight is 236 g/mol. The van der Waals surface area contributed by atoms with Gasteiger partial charge >= 0.3 is 0 Å². The van der Waals surface area contributed by atoms with Crippen LogP contribution in [-0.4, -0.2) is 32.7 Å². The zero-order chi connectivity index (χ0) is 12.1. The fourth-order valence-electron chi connectivity index (χ4n) is 1.84. The summed E-state index contributed by atoms with van der Waals surface area (Å²) in [4.78, 5) is 10.6. The number of carbonyl (C=O) groups is 1. The molecule has 4 heteroatoms. The molecule has 4 nitrogen and oxygen atoms in total. The fourth-order valence-corrected chi connectivity index (χ4v) is 1.84. The first kappa shape index (κ1) is 11.9. The van der Waals surface area contributed by atoms with Gasteiger partial charge in [-0.25, -0.2) is 0 Å². The third kappa shape index (κ3) is 2.97. The lowest BCUT2D eigenvalue weighted by atomic mass is 10.2. The van der Waals surface area contributed by atoms with E-state index in [0.717, 1.165) is 25.7 Å². The lowest BCUT2D eigenvalue weighted by Crippen LogP contribution is -2.16. The maximum atomic E-state index is 10.6. The van der Waals surface area contributed by atoms with Gasteiger partial charge < -0.3 is 14.2 Å². The van der Waals surface area contributed by atoms with E-state index in [9.17, 15) is 4.79 Å². The van der Waals surface area contributed by atoms with E-state index in [0.29, 0.717) is 23.7 Å². The Hall–Kier alpha value is -1.55. The first-order valence-electron chi connectivity index (χ1n) is 5.71.